The molecule has 1 N–H and O–H groups in total. The lowest BCUT2D eigenvalue weighted by Crippen LogP contribution is -2.11. The Hall–Kier alpha value is -1.83. The number of halogens is 1. The van der Waals surface area contributed by atoms with Crippen LogP contribution in [-0.4, -0.2) is 0 Å². The van der Waals surface area contributed by atoms with E-state index in [1.165, 1.54) is 28.3 Å². The van der Waals surface area contributed by atoms with Crippen LogP contribution in [0.15, 0.2) is 30.3 Å². The van der Waals surface area contributed by atoms with E-state index in [1.807, 2.05) is 13.0 Å². The Morgan fingerprint density at radius 3 is 2.10 bits per heavy atom. The lowest BCUT2D eigenvalue weighted by atomic mass is 9.94. The molecule has 0 aliphatic carbocycles. The Kier molecular flexibility index (Phi) is 4.12. The molecule has 1 atom stereocenters. The van der Waals surface area contributed by atoms with E-state index in [0.29, 0.717) is 5.69 Å². The quantitative estimate of drug-likeness (QED) is 0.805. The van der Waals surface area contributed by atoms with Gasteiger partial charge in [0.1, 0.15) is 5.82 Å². The van der Waals surface area contributed by atoms with Gasteiger partial charge in [-0.3, -0.25) is 0 Å². The van der Waals surface area contributed by atoms with E-state index < -0.39 is 0 Å². The molecule has 0 aliphatic heterocycles. The maximum absolute atomic E-state index is 13.8. The summed E-state index contributed by atoms with van der Waals surface area (Å²) >= 11 is 0. The summed E-state index contributed by atoms with van der Waals surface area (Å²) in [5.74, 6) is -0.204. The van der Waals surface area contributed by atoms with Crippen molar-refractivity contribution in [3.8, 4) is 0 Å². The second-order valence-corrected chi connectivity index (χ2v) is 5.66. The Balaban J connectivity index is 2.33. The molecule has 2 aromatic rings. The fourth-order valence-electron chi connectivity index (χ4n) is 2.93. The molecule has 0 spiro atoms. The molecule has 1 nitrogen and oxygen atoms in total. The van der Waals surface area contributed by atoms with Crippen molar-refractivity contribution in [1.82, 2.24) is 0 Å². The largest absolute Gasteiger partial charge is 0.376 e. The Morgan fingerprint density at radius 2 is 1.50 bits per heavy atom. The number of nitrogens with one attached hydrogen (secondary N) is 1. The summed E-state index contributed by atoms with van der Waals surface area (Å²) in [5.41, 5.74) is 6.62. The molecule has 2 heteroatoms. The summed E-state index contributed by atoms with van der Waals surface area (Å²) < 4.78 is 13.8. The third-order valence-electron chi connectivity index (χ3n) is 3.66. The summed E-state index contributed by atoms with van der Waals surface area (Å²) in [7, 11) is 0. The second kappa shape index (κ2) is 5.66. The molecular weight excluding hydrogens is 249 g/mol. The van der Waals surface area contributed by atoms with Gasteiger partial charge in [0.05, 0.1) is 5.69 Å². The Labute approximate surface area is 120 Å². The molecule has 1 unspecified atom stereocenters. The molecule has 2 aromatic carbocycles. The van der Waals surface area contributed by atoms with Crippen LogP contribution in [0.25, 0.3) is 0 Å². The SMILES string of the molecule is Cc1cc(C)c(C(C)Nc2cc(C)ccc2F)c(C)c1. The van der Waals surface area contributed by atoms with Gasteiger partial charge >= 0.3 is 0 Å². The third-order valence-corrected chi connectivity index (χ3v) is 3.66. The zero-order chi connectivity index (χ0) is 14.9. The number of benzene rings is 2. The molecule has 0 saturated carbocycles. The number of hydrogen-bond donors (Lipinski definition) is 1. The summed E-state index contributed by atoms with van der Waals surface area (Å²) in [4.78, 5) is 0. The van der Waals surface area contributed by atoms with Gasteiger partial charge in [-0.1, -0.05) is 23.8 Å². The van der Waals surface area contributed by atoms with Crippen molar-refractivity contribution in [2.45, 2.75) is 40.7 Å². The predicted molar refractivity (Wildman–Crippen MR) is 83.8 cm³/mol. The van der Waals surface area contributed by atoms with E-state index in [-0.39, 0.29) is 11.9 Å². The molecule has 0 aromatic heterocycles. The first kappa shape index (κ1) is 14.6. The molecule has 106 valence electrons. The van der Waals surface area contributed by atoms with Crippen molar-refractivity contribution in [3.63, 3.8) is 0 Å². The van der Waals surface area contributed by atoms with E-state index in [2.05, 4.69) is 45.1 Å². The molecule has 0 heterocycles. The van der Waals surface area contributed by atoms with Crippen LogP contribution in [0.3, 0.4) is 0 Å². The summed E-state index contributed by atoms with van der Waals surface area (Å²) in [5, 5.41) is 3.29. The smallest absolute Gasteiger partial charge is 0.146 e. The van der Waals surface area contributed by atoms with E-state index >= 15 is 0 Å². The predicted octanol–water partition coefficient (Wildman–Crippen LogP) is 5.23. The highest BCUT2D eigenvalue weighted by atomic mass is 19.1. The molecular formula is C18H22FN. The van der Waals surface area contributed by atoms with Gasteiger partial charge in [-0.25, -0.2) is 4.39 Å². The van der Waals surface area contributed by atoms with Gasteiger partial charge in [0.25, 0.3) is 0 Å². The minimum atomic E-state index is -0.204. The van der Waals surface area contributed by atoms with E-state index in [1.54, 1.807) is 6.07 Å². The van der Waals surface area contributed by atoms with Gasteiger partial charge in [0, 0.05) is 6.04 Å². The standard InChI is InChI=1S/C18H22FN/c1-11-6-7-16(19)17(10-11)20-15(5)18-13(3)8-12(2)9-14(18)4/h6-10,15,20H,1-5H3. The van der Waals surface area contributed by atoms with E-state index in [0.717, 1.165) is 5.56 Å². The van der Waals surface area contributed by atoms with Gasteiger partial charge in [0.15, 0.2) is 0 Å². The van der Waals surface area contributed by atoms with Crippen LogP contribution >= 0.6 is 0 Å². The summed E-state index contributed by atoms with van der Waals surface area (Å²) in [6.07, 6.45) is 0. The summed E-state index contributed by atoms with van der Waals surface area (Å²) in [6.45, 7) is 10.4. The van der Waals surface area contributed by atoms with Crippen molar-refractivity contribution in [2.75, 3.05) is 5.32 Å². The van der Waals surface area contributed by atoms with Crippen LogP contribution in [0.5, 0.6) is 0 Å². The third kappa shape index (κ3) is 3.01. The van der Waals surface area contributed by atoms with Crippen LogP contribution < -0.4 is 5.32 Å². The molecule has 0 radical (unpaired) electrons. The lowest BCUT2D eigenvalue weighted by Gasteiger charge is -2.21. The molecule has 20 heavy (non-hydrogen) atoms. The number of aryl methyl sites for hydroxylation is 4. The first-order valence-electron chi connectivity index (χ1n) is 6.99. The first-order valence-corrected chi connectivity index (χ1v) is 6.99. The van der Waals surface area contributed by atoms with Crippen molar-refractivity contribution in [3.05, 3.63) is 64.0 Å². The highest BCUT2D eigenvalue weighted by molar-refractivity contribution is 5.51. The maximum Gasteiger partial charge on any atom is 0.146 e. The number of hydrogen-bond acceptors (Lipinski definition) is 1. The lowest BCUT2D eigenvalue weighted by molar-refractivity contribution is 0.627. The van der Waals surface area contributed by atoms with Crippen molar-refractivity contribution in [2.24, 2.45) is 0 Å². The van der Waals surface area contributed by atoms with Crippen LogP contribution in [-0.2, 0) is 0 Å². The summed E-state index contributed by atoms with van der Waals surface area (Å²) in [6, 6.07) is 9.57. The topological polar surface area (TPSA) is 12.0 Å². The van der Waals surface area contributed by atoms with Gasteiger partial charge in [-0.05, 0) is 69.0 Å². The molecule has 0 aliphatic rings. The zero-order valence-electron chi connectivity index (χ0n) is 12.8. The van der Waals surface area contributed by atoms with Crippen LogP contribution in [0.1, 0.15) is 40.8 Å². The number of rotatable bonds is 3. The average Bonchev–Trinajstić information content (AvgIpc) is 2.32. The monoisotopic (exact) mass is 271 g/mol. The van der Waals surface area contributed by atoms with Crippen LogP contribution in [0.4, 0.5) is 10.1 Å². The minimum Gasteiger partial charge on any atom is -0.376 e. The highest BCUT2D eigenvalue weighted by Crippen LogP contribution is 2.27. The Bertz CT molecular complexity index is 608. The molecule has 0 fully saturated rings. The average molecular weight is 271 g/mol. The van der Waals surface area contributed by atoms with Crippen molar-refractivity contribution >= 4 is 5.69 Å². The van der Waals surface area contributed by atoms with E-state index in [9.17, 15) is 4.39 Å². The van der Waals surface area contributed by atoms with Gasteiger partial charge < -0.3 is 5.32 Å². The van der Waals surface area contributed by atoms with Crippen molar-refractivity contribution in [1.29, 1.82) is 0 Å². The van der Waals surface area contributed by atoms with Gasteiger partial charge in [0.2, 0.25) is 0 Å². The van der Waals surface area contributed by atoms with E-state index in [4.69, 9.17) is 0 Å². The van der Waals surface area contributed by atoms with Gasteiger partial charge in [-0.2, -0.15) is 0 Å². The fourth-order valence-corrected chi connectivity index (χ4v) is 2.93. The molecule has 2 rings (SSSR count). The van der Waals surface area contributed by atoms with Crippen molar-refractivity contribution < 1.29 is 4.39 Å². The van der Waals surface area contributed by atoms with Gasteiger partial charge in [-0.15, -0.1) is 0 Å². The highest BCUT2D eigenvalue weighted by Gasteiger charge is 2.13. The normalized spacial score (nSPS) is 12.3. The zero-order valence-corrected chi connectivity index (χ0v) is 12.8. The molecule has 0 bridgehead atoms. The second-order valence-electron chi connectivity index (χ2n) is 5.66. The fraction of sp³-hybridized carbons (Fsp3) is 0.333. The first-order chi connectivity index (χ1) is 9.38. The number of anilines is 1. The molecule has 0 amide bonds. The maximum atomic E-state index is 13.8. The molecule has 0 saturated heterocycles. The van der Waals surface area contributed by atoms with Crippen LogP contribution in [0.2, 0.25) is 0 Å². The Morgan fingerprint density at radius 1 is 0.900 bits per heavy atom. The van der Waals surface area contributed by atoms with Crippen LogP contribution in [0, 0.1) is 33.5 Å². The minimum absolute atomic E-state index is 0.0758.